The van der Waals surface area contributed by atoms with Gasteiger partial charge < -0.3 is 10.5 Å². The minimum atomic E-state index is -4.83. The largest absolute Gasteiger partial charge is 0.458 e. The molecule has 0 amide bonds. The fourth-order valence-corrected chi connectivity index (χ4v) is 7.89. The number of carbonyl (C=O) groups excluding carboxylic acids is 3. The second-order valence-corrected chi connectivity index (χ2v) is 11.7. The number of nitrogen functional groups attached to an aromatic ring is 1. The van der Waals surface area contributed by atoms with Crippen LogP contribution >= 0.6 is 0 Å². The molecule has 0 radical (unpaired) electrons. The maximum absolute atomic E-state index is 15.7. The maximum Gasteiger partial charge on any atom is 0.457 e. The van der Waals surface area contributed by atoms with E-state index in [0.717, 1.165) is 23.6 Å². The van der Waals surface area contributed by atoms with E-state index in [4.69, 9.17) is 10.5 Å². The molecule has 4 aliphatic carbocycles. The van der Waals surface area contributed by atoms with Crippen molar-refractivity contribution in [2.75, 3.05) is 12.3 Å². The highest BCUT2D eigenvalue weighted by Gasteiger charge is 2.66. The van der Waals surface area contributed by atoms with Gasteiger partial charge in [-0.1, -0.05) is 30.6 Å². The molecule has 9 heteroatoms. The van der Waals surface area contributed by atoms with Gasteiger partial charge in [-0.05, 0) is 84.3 Å². The van der Waals surface area contributed by atoms with Crippen LogP contribution in [0.1, 0.15) is 63.9 Å². The van der Waals surface area contributed by atoms with Gasteiger partial charge in [0.05, 0.1) is 5.41 Å². The van der Waals surface area contributed by atoms with Crippen molar-refractivity contribution in [1.29, 1.82) is 0 Å². The number of halogens is 4. The molecule has 1 aromatic carbocycles. The molecule has 2 fully saturated rings. The highest BCUT2D eigenvalue weighted by Crippen LogP contribution is 2.70. The number of esters is 1. The van der Waals surface area contributed by atoms with Crippen LogP contribution in [0, 0.1) is 34.5 Å². The van der Waals surface area contributed by atoms with Gasteiger partial charge in [-0.2, -0.15) is 13.2 Å². The Morgan fingerprint density at radius 2 is 1.88 bits per heavy atom. The van der Waals surface area contributed by atoms with E-state index >= 15 is 4.39 Å². The van der Waals surface area contributed by atoms with E-state index in [2.05, 4.69) is 5.92 Å². The van der Waals surface area contributed by atoms with Gasteiger partial charge in [0.15, 0.2) is 18.2 Å². The number of hydrogen-bond acceptors (Lipinski definition) is 5. The Labute approximate surface area is 230 Å². The van der Waals surface area contributed by atoms with Crippen LogP contribution in [0.2, 0.25) is 0 Å². The summed E-state index contributed by atoms with van der Waals surface area (Å²) in [5.74, 6) is 1.16. The zero-order valence-electron chi connectivity index (χ0n) is 22.4. The van der Waals surface area contributed by atoms with Crippen molar-refractivity contribution >= 4 is 23.2 Å². The number of Topliss-reactive ketones (excluding diaryl/α,β-unsaturated/α-hetero) is 1. The van der Waals surface area contributed by atoms with Crippen LogP contribution < -0.4 is 5.73 Å². The fraction of sp³-hybridized carbons (Fsp3) is 0.516. The Balaban J connectivity index is 1.71. The molecule has 40 heavy (non-hydrogen) atoms. The van der Waals surface area contributed by atoms with Gasteiger partial charge >= 0.3 is 12.1 Å². The van der Waals surface area contributed by atoms with Crippen LogP contribution in [-0.4, -0.2) is 36.5 Å². The Kier molecular flexibility index (Phi) is 6.96. The summed E-state index contributed by atoms with van der Waals surface area (Å²) in [6.07, 6.45) is -3.38. The highest BCUT2D eigenvalue weighted by molar-refractivity contribution is 5.93. The van der Waals surface area contributed by atoms with Crippen molar-refractivity contribution in [2.45, 2.75) is 70.6 Å². The summed E-state index contributed by atoms with van der Waals surface area (Å²) in [4.78, 5) is 37.5. The van der Waals surface area contributed by atoms with E-state index in [0.29, 0.717) is 24.1 Å². The number of ether oxygens (including phenoxy) is 1. The van der Waals surface area contributed by atoms with Crippen LogP contribution in [-0.2, 0) is 19.1 Å². The predicted molar refractivity (Wildman–Crippen MR) is 139 cm³/mol. The SMILES string of the molecule is CC(=O)OCC(=O)[C@@]1(C#CC(F)(F)F)CC[C@H]2[C@@H]3CC(F)C4=CC(=O)CCC4=C3[C@@H](c3ccc(N)cc3)C[C@@]21C. The molecule has 0 saturated heterocycles. The van der Waals surface area contributed by atoms with Crippen LogP contribution in [0.5, 0.6) is 0 Å². The number of ketones is 2. The Morgan fingerprint density at radius 1 is 1.18 bits per heavy atom. The van der Waals surface area contributed by atoms with Crippen molar-refractivity contribution in [2.24, 2.45) is 22.7 Å². The van der Waals surface area contributed by atoms with Crippen molar-refractivity contribution in [3.8, 4) is 11.8 Å². The molecule has 0 bridgehead atoms. The summed E-state index contributed by atoms with van der Waals surface area (Å²) >= 11 is 0. The molecule has 0 spiro atoms. The molecule has 1 unspecified atom stereocenters. The molecule has 0 aromatic heterocycles. The third kappa shape index (κ3) is 4.65. The van der Waals surface area contributed by atoms with Gasteiger partial charge in [-0.15, -0.1) is 0 Å². The number of rotatable bonds is 4. The smallest absolute Gasteiger partial charge is 0.457 e. The lowest BCUT2D eigenvalue weighted by molar-refractivity contribution is -0.150. The Bertz CT molecular complexity index is 1380. The van der Waals surface area contributed by atoms with Crippen LogP contribution in [0.4, 0.5) is 23.2 Å². The predicted octanol–water partition coefficient (Wildman–Crippen LogP) is 5.80. The number of carbonyl (C=O) groups is 3. The van der Waals surface area contributed by atoms with Crippen molar-refractivity contribution in [3.05, 3.63) is 52.6 Å². The van der Waals surface area contributed by atoms with Crippen LogP contribution in [0.15, 0.2) is 47.1 Å². The summed E-state index contributed by atoms with van der Waals surface area (Å²) in [7, 11) is 0. The average Bonchev–Trinajstić information content (AvgIpc) is 3.19. The normalized spacial score (nSPS) is 33.1. The van der Waals surface area contributed by atoms with Gasteiger partial charge in [0.1, 0.15) is 6.17 Å². The first-order chi connectivity index (χ1) is 18.8. The Hall–Kier alpha value is -3.41. The minimum absolute atomic E-state index is 0.0447. The monoisotopic (exact) mass is 557 g/mol. The lowest BCUT2D eigenvalue weighted by Gasteiger charge is -2.55. The molecule has 2 saturated carbocycles. The van der Waals surface area contributed by atoms with E-state index in [-0.39, 0.29) is 49.2 Å². The van der Waals surface area contributed by atoms with Gasteiger partial charge in [-0.25, -0.2) is 4.39 Å². The Morgan fingerprint density at radius 3 is 2.52 bits per heavy atom. The highest BCUT2D eigenvalue weighted by atomic mass is 19.4. The number of benzene rings is 1. The second-order valence-electron chi connectivity index (χ2n) is 11.7. The third-order valence-electron chi connectivity index (χ3n) is 9.58. The summed E-state index contributed by atoms with van der Waals surface area (Å²) in [6, 6.07) is 7.18. The number of hydrogen-bond donors (Lipinski definition) is 1. The van der Waals surface area contributed by atoms with Gasteiger partial charge in [-0.3, -0.25) is 14.4 Å². The summed E-state index contributed by atoms with van der Waals surface area (Å²) in [5, 5.41) is 0. The van der Waals surface area contributed by atoms with Gasteiger partial charge in [0.25, 0.3) is 0 Å². The molecular weight excluding hydrogens is 526 g/mol. The molecule has 2 N–H and O–H groups in total. The van der Waals surface area contributed by atoms with E-state index in [1.807, 2.05) is 12.1 Å². The first-order valence-corrected chi connectivity index (χ1v) is 13.5. The zero-order chi connectivity index (χ0) is 29.0. The third-order valence-corrected chi connectivity index (χ3v) is 9.58. The van der Waals surface area contributed by atoms with E-state index in [1.165, 1.54) is 12.0 Å². The van der Waals surface area contributed by atoms with E-state index < -0.39 is 41.5 Å². The average molecular weight is 558 g/mol. The quantitative estimate of drug-likeness (QED) is 0.219. The van der Waals surface area contributed by atoms with Crippen molar-refractivity contribution < 1.29 is 36.7 Å². The van der Waals surface area contributed by atoms with Crippen molar-refractivity contribution in [3.63, 3.8) is 0 Å². The van der Waals surface area contributed by atoms with E-state index in [9.17, 15) is 27.6 Å². The standard InChI is InChI=1S/C31H31F4NO4/c1-17(37)40-16-27(39)30(11-12-31(33,34)35)10-9-25-23-14-26(32)22-13-20(38)7-8-21(22)28(23)24(15-29(25,30)2)18-3-5-19(36)6-4-18/h3-6,13,23-26H,7-10,14-16,36H2,1-2H3/t23-,24+,25-,26?,29-,30-/m0/s1. The molecule has 5 nitrogen and oxygen atoms in total. The first-order valence-electron chi connectivity index (χ1n) is 13.5. The van der Waals surface area contributed by atoms with E-state index in [1.54, 1.807) is 19.1 Å². The number of anilines is 1. The summed E-state index contributed by atoms with van der Waals surface area (Å²) in [5.41, 5.74) is 6.74. The molecule has 5 rings (SSSR count). The summed E-state index contributed by atoms with van der Waals surface area (Å²) < 4.78 is 61.0. The lowest BCUT2D eigenvalue weighted by Crippen LogP contribution is -2.52. The number of alkyl halides is 4. The second kappa shape index (κ2) is 9.90. The molecule has 212 valence electrons. The van der Waals surface area contributed by atoms with Crippen molar-refractivity contribution in [1.82, 2.24) is 0 Å². The summed E-state index contributed by atoms with van der Waals surface area (Å²) in [6.45, 7) is 2.23. The molecular formula is C31H31F4NO4. The molecule has 1 aromatic rings. The minimum Gasteiger partial charge on any atom is -0.458 e. The fourth-order valence-electron chi connectivity index (χ4n) is 7.89. The maximum atomic E-state index is 15.7. The molecule has 6 atom stereocenters. The molecule has 4 aliphatic rings. The number of fused-ring (bicyclic) bond motifs is 4. The first kappa shape index (κ1) is 28.1. The zero-order valence-corrected chi connectivity index (χ0v) is 22.4. The lowest BCUT2D eigenvalue weighted by atomic mass is 9.48. The molecule has 0 aliphatic heterocycles. The van der Waals surface area contributed by atoms with Crippen LogP contribution in [0.3, 0.4) is 0 Å². The van der Waals surface area contributed by atoms with Crippen LogP contribution in [0.25, 0.3) is 0 Å². The van der Waals surface area contributed by atoms with Gasteiger partial charge in [0.2, 0.25) is 0 Å². The molecule has 0 heterocycles. The van der Waals surface area contributed by atoms with Gasteiger partial charge in [0, 0.05) is 30.9 Å². The topological polar surface area (TPSA) is 86.5 Å². The number of nitrogens with two attached hydrogens (primary N) is 1. The number of allylic oxidation sites excluding steroid dienone is 4.